The van der Waals surface area contributed by atoms with Crippen molar-refractivity contribution in [3.05, 3.63) is 60.3 Å². The van der Waals surface area contributed by atoms with Crippen molar-refractivity contribution in [1.29, 1.82) is 0 Å². The van der Waals surface area contributed by atoms with E-state index in [1.165, 1.54) is 6.92 Å². The molecular weight excluding hydrogens is 292 g/mol. The third-order valence-electron chi connectivity index (χ3n) is 3.47. The summed E-state index contributed by atoms with van der Waals surface area (Å²) in [6.07, 6.45) is 1.82. The van der Waals surface area contributed by atoms with Crippen LogP contribution in [-0.4, -0.2) is 23.3 Å². The molecule has 0 spiro atoms. The van der Waals surface area contributed by atoms with E-state index < -0.39 is 0 Å². The van der Waals surface area contributed by atoms with Gasteiger partial charge in [-0.1, -0.05) is 18.2 Å². The van der Waals surface area contributed by atoms with Crippen LogP contribution < -0.4 is 10.1 Å². The lowest BCUT2D eigenvalue weighted by molar-refractivity contribution is -0.118. The highest BCUT2D eigenvalue weighted by molar-refractivity contribution is 5.97. The molecular formula is C18H16N2O3. The van der Waals surface area contributed by atoms with Gasteiger partial charge < -0.3 is 15.0 Å². The van der Waals surface area contributed by atoms with Crippen molar-refractivity contribution in [1.82, 2.24) is 4.98 Å². The number of rotatable bonds is 5. The molecule has 1 aromatic heterocycles. The fourth-order valence-corrected chi connectivity index (χ4v) is 2.34. The molecule has 1 heterocycles. The molecule has 116 valence electrons. The number of carbonyl (C=O) groups excluding carboxylic acids is 2. The van der Waals surface area contributed by atoms with Crippen molar-refractivity contribution < 1.29 is 14.3 Å². The Hall–Kier alpha value is -3.08. The van der Waals surface area contributed by atoms with Crippen LogP contribution in [0, 0.1) is 0 Å². The molecule has 0 atom stereocenters. The molecule has 3 rings (SSSR count). The van der Waals surface area contributed by atoms with Gasteiger partial charge in [0.25, 0.3) is 5.91 Å². The Labute approximate surface area is 133 Å². The summed E-state index contributed by atoms with van der Waals surface area (Å²) in [4.78, 5) is 26.5. The van der Waals surface area contributed by atoms with Gasteiger partial charge in [-0.2, -0.15) is 0 Å². The average Bonchev–Trinajstić information content (AvgIpc) is 3.02. The molecule has 3 aromatic rings. The van der Waals surface area contributed by atoms with E-state index in [0.29, 0.717) is 17.0 Å². The maximum absolute atomic E-state index is 12.0. The third-order valence-corrected chi connectivity index (χ3v) is 3.47. The topological polar surface area (TPSA) is 71.2 Å². The lowest BCUT2D eigenvalue weighted by atomic mass is 10.1. The van der Waals surface area contributed by atoms with Crippen LogP contribution in [0.2, 0.25) is 0 Å². The number of benzene rings is 2. The third kappa shape index (κ3) is 3.40. The van der Waals surface area contributed by atoms with E-state index in [9.17, 15) is 9.59 Å². The molecule has 1 amide bonds. The standard InChI is InChI=1S/C18H16N2O3/c1-12(21)13-4-2-5-14(10-13)20-18(22)11-23-17-7-3-6-16-15(17)8-9-19-16/h2-10,19H,11H2,1H3,(H,20,22). The molecule has 0 fully saturated rings. The van der Waals surface area contributed by atoms with Gasteiger partial charge in [-0.3, -0.25) is 9.59 Å². The number of Topliss-reactive ketones (excluding diaryl/α,β-unsaturated/α-hetero) is 1. The SMILES string of the molecule is CC(=O)c1cccc(NC(=O)COc2cccc3[nH]ccc23)c1. The summed E-state index contributed by atoms with van der Waals surface area (Å²) in [6.45, 7) is 1.39. The summed E-state index contributed by atoms with van der Waals surface area (Å²) in [5.41, 5.74) is 2.09. The molecule has 0 aliphatic carbocycles. The average molecular weight is 308 g/mol. The van der Waals surface area contributed by atoms with Crippen LogP contribution in [0.25, 0.3) is 10.9 Å². The minimum Gasteiger partial charge on any atom is -0.483 e. The number of hydrogen-bond acceptors (Lipinski definition) is 3. The zero-order chi connectivity index (χ0) is 16.2. The van der Waals surface area contributed by atoms with E-state index in [1.54, 1.807) is 24.3 Å². The Morgan fingerprint density at radius 3 is 2.78 bits per heavy atom. The predicted octanol–water partition coefficient (Wildman–Crippen LogP) is 3.39. The molecule has 2 aromatic carbocycles. The highest BCUT2D eigenvalue weighted by Crippen LogP contribution is 2.24. The van der Waals surface area contributed by atoms with Crippen molar-refractivity contribution in [2.45, 2.75) is 6.92 Å². The molecule has 5 nitrogen and oxygen atoms in total. The zero-order valence-corrected chi connectivity index (χ0v) is 12.6. The monoisotopic (exact) mass is 308 g/mol. The first-order valence-electron chi connectivity index (χ1n) is 7.23. The van der Waals surface area contributed by atoms with Gasteiger partial charge >= 0.3 is 0 Å². The lowest BCUT2D eigenvalue weighted by Crippen LogP contribution is -2.20. The van der Waals surface area contributed by atoms with Gasteiger partial charge in [0.1, 0.15) is 5.75 Å². The molecule has 23 heavy (non-hydrogen) atoms. The normalized spacial score (nSPS) is 10.5. The highest BCUT2D eigenvalue weighted by atomic mass is 16.5. The number of H-pyrrole nitrogens is 1. The van der Waals surface area contributed by atoms with Gasteiger partial charge in [0.15, 0.2) is 12.4 Å². The maximum atomic E-state index is 12.0. The van der Waals surface area contributed by atoms with Crippen LogP contribution in [0.5, 0.6) is 5.75 Å². The summed E-state index contributed by atoms with van der Waals surface area (Å²) in [5.74, 6) is 0.325. The van der Waals surface area contributed by atoms with Crippen LogP contribution in [0.1, 0.15) is 17.3 Å². The van der Waals surface area contributed by atoms with Crippen LogP contribution in [0.4, 0.5) is 5.69 Å². The lowest BCUT2D eigenvalue weighted by Gasteiger charge is -2.09. The number of amides is 1. The minimum absolute atomic E-state index is 0.0449. The molecule has 2 N–H and O–H groups in total. The minimum atomic E-state index is -0.279. The number of anilines is 1. The van der Waals surface area contributed by atoms with Crippen molar-refractivity contribution >= 4 is 28.3 Å². The van der Waals surface area contributed by atoms with Crippen molar-refractivity contribution in [2.75, 3.05) is 11.9 Å². The van der Waals surface area contributed by atoms with E-state index in [0.717, 1.165) is 10.9 Å². The first-order chi connectivity index (χ1) is 11.1. The molecule has 0 saturated carbocycles. The van der Waals surface area contributed by atoms with Crippen molar-refractivity contribution in [2.24, 2.45) is 0 Å². The predicted molar refractivity (Wildman–Crippen MR) is 88.9 cm³/mol. The molecule has 0 saturated heterocycles. The fraction of sp³-hybridized carbons (Fsp3) is 0.111. The molecule has 0 bridgehead atoms. The largest absolute Gasteiger partial charge is 0.483 e. The number of ether oxygens (including phenoxy) is 1. The fourth-order valence-electron chi connectivity index (χ4n) is 2.34. The maximum Gasteiger partial charge on any atom is 0.262 e. The second-order valence-electron chi connectivity index (χ2n) is 5.17. The number of ketones is 1. The number of carbonyl (C=O) groups is 2. The quantitative estimate of drug-likeness (QED) is 0.710. The van der Waals surface area contributed by atoms with Gasteiger partial charge in [0.05, 0.1) is 0 Å². The van der Waals surface area contributed by atoms with E-state index >= 15 is 0 Å². The van der Waals surface area contributed by atoms with E-state index in [1.807, 2.05) is 30.5 Å². The first-order valence-corrected chi connectivity index (χ1v) is 7.23. The van der Waals surface area contributed by atoms with Crippen LogP contribution >= 0.6 is 0 Å². The first kappa shape index (κ1) is 14.8. The van der Waals surface area contributed by atoms with Gasteiger partial charge in [0.2, 0.25) is 0 Å². The second-order valence-corrected chi connectivity index (χ2v) is 5.17. The smallest absolute Gasteiger partial charge is 0.262 e. The molecule has 0 unspecified atom stereocenters. The second kappa shape index (κ2) is 6.36. The number of nitrogens with one attached hydrogen (secondary N) is 2. The summed E-state index contributed by atoms with van der Waals surface area (Å²) >= 11 is 0. The van der Waals surface area contributed by atoms with Gasteiger partial charge in [-0.25, -0.2) is 0 Å². The van der Waals surface area contributed by atoms with Crippen LogP contribution in [0.15, 0.2) is 54.7 Å². The molecule has 0 aliphatic rings. The number of aromatic amines is 1. The summed E-state index contributed by atoms with van der Waals surface area (Å²) in [6, 6.07) is 14.3. The van der Waals surface area contributed by atoms with Crippen LogP contribution in [-0.2, 0) is 4.79 Å². The van der Waals surface area contributed by atoms with E-state index in [2.05, 4.69) is 10.3 Å². The van der Waals surface area contributed by atoms with E-state index in [-0.39, 0.29) is 18.3 Å². The van der Waals surface area contributed by atoms with Gasteiger partial charge in [-0.05, 0) is 37.3 Å². The Morgan fingerprint density at radius 2 is 1.96 bits per heavy atom. The van der Waals surface area contributed by atoms with Crippen molar-refractivity contribution in [3.8, 4) is 5.75 Å². The van der Waals surface area contributed by atoms with Gasteiger partial charge in [0, 0.05) is 28.4 Å². The van der Waals surface area contributed by atoms with Gasteiger partial charge in [-0.15, -0.1) is 0 Å². The van der Waals surface area contributed by atoms with Crippen molar-refractivity contribution in [3.63, 3.8) is 0 Å². The zero-order valence-electron chi connectivity index (χ0n) is 12.6. The number of aromatic nitrogens is 1. The van der Waals surface area contributed by atoms with Crippen LogP contribution in [0.3, 0.4) is 0 Å². The summed E-state index contributed by atoms with van der Waals surface area (Å²) in [7, 11) is 0. The summed E-state index contributed by atoms with van der Waals surface area (Å²) < 4.78 is 5.59. The number of hydrogen-bond donors (Lipinski definition) is 2. The molecule has 0 radical (unpaired) electrons. The highest BCUT2D eigenvalue weighted by Gasteiger charge is 2.08. The molecule has 5 heteroatoms. The summed E-state index contributed by atoms with van der Waals surface area (Å²) in [5, 5.41) is 3.65. The van der Waals surface area contributed by atoms with E-state index in [4.69, 9.17) is 4.74 Å². The Bertz CT molecular complexity index is 867. The Morgan fingerprint density at radius 1 is 1.13 bits per heavy atom. The Kier molecular flexibility index (Phi) is 4.10. The Balaban J connectivity index is 1.65. The number of fused-ring (bicyclic) bond motifs is 1. The molecule has 0 aliphatic heterocycles.